The van der Waals surface area contributed by atoms with Gasteiger partial charge in [-0.15, -0.1) is 0 Å². The molecule has 2 heterocycles. The molecule has 1 atom stereocenters. The molecule has 2 aromatic rings. The van der Waals surface area contributed by atoms with Crippen molar-refractivity contribution in [2.45, 2.75) is 25.8 Å². The number of rotatable bonds is 2. The van der Waals surface area contributed by atoms with Crippen molar-refractivity contribution in [3.8, 4) is 0 Å². The van der Waals surface area contributed by atoms with Gasteiger partial charge in [-0.2, -0.15) is 5.10 Å². The van der Waals surface area contributed by atoms with E-state index in [-0.39, 0.29) is 6.04 Å². The average Bonchev–Trinajstić information content (AvgIpc) is 3.19. The smallest absolute Gasteiger partial charge is 0.313 e. The maximum absolute atomic E-state index is 12.4. The number of hydrogen-bond acceptors (Lipinski definition) is 3. The quantitative estimate of drug-likeness (QED) is 0.833. The summed E-state index contributed by atoms with van der Waals surface area (Å²) < 4.78 is 0. The number of nitrogens with one attached hydrogen (secondary N) is 2. The standard InChI is InChI=1S/C16H18N4O2/c1-11-4-6-12(7-5-11)18-15(21)16(22)20-10-2-3-14(20)13-8-9-17-19-13/h4-9,14H,2-3,10H2,1H3,(H,17,19)(H,18,21)/t14-/m0/s1. The third kappa shape index (κ3) is 2.86. The monoisotopic (exact) mass is 298 g/mol. The van der Waals surface area contributed by atoms with Crippen LogP contribution in [0.2, 0.25) is 0 Å². The molecule has 2 N–H and O–H groups in total. The number of nitrogens with zero attached hydrogens (tertiary/aromatic N) is 2. The van der Waals surface area contributed by atoms with Crippen LogP contribution in [0.4, 0.5) is 5.69 Å². The van der Waals surface area contributed by atoms with Gasteiger partial charge in [-0.25, -0.2) is 0 Å². The highest BCUT2D eigenvalue weighted by atomic mass is 16.2. The second kappa shape index (κ2) is 6.01. The number of aromatic nitrogens is 2. The number of H-pyrrole nitrogens is 1. The van der Waals surface area contributed by atoms with Crippen LogP contribution in [0.3, 0.4) is 0 Å². The van der Waals surface area contributed by atoms with Gasteiger partial charge < -0.3 is 10.2 Å². The Labute approximate surface area is 128 Å². The van der Waals surface area contributed by atoms with Gasteiger partial charge in [0.2, 0.25) is 0 Å². The molecule has 1 aromatic carbocycles. The summed E-state index contributed by atoms with van der Waals surface area (Å²) in [7, 11) is 0. The number of aromatic amines is 1. The zero-order valence-corrected chi connectivity index (χ0v) is 12.4. The number of carbonyl (C=O) groups excluding carboxylic acids is 2. The fourth-order valence-corrected chi connectivity index (χ4v) is 2.74. The molecule has 22 heavy (non-hydrogen) atoms. The van der Waals surface area contributed by atoms with Crippen LogP contribution in [0.5, 0.6) is 0 Å². The first-order valence-corrected chi connectivity index (χ1v) is 7.33. The lowest BCUT2D eigenvalue weighted by molar-refractivity contribution is -0.143. The predicted molar refractivity (Wildman–Crippen MR) is 82.1 cm³/mol. The maximum Gasteiger partial charge on any atom is 0.313 e. The van der Waals surface area contributed by atoms with Gasteiger partial charge in [0, 0.05) is 18.4 Å². The van der Waals surface area contributed by atoms with Crippen LogP contribution < -0.4 is 5.32 Å². The third-order valence-electron chi connectivity index (χ3n) is 3.90. The molecule has 0 bridgehead atoms. The van der Waals surface area contributed by atoms with E-state index in [4.69, 9.17) is 0 Å². The minimum atomic E-state index is -0.602. The van der Waals surface area contributed by atoms with E-state index >= 15 is 0 Å². The largest absolute Gasteiger partial charge is 0.326 e. The van der Waals surface area contributed by atoms with Gasteiger partial charge in [-0.3, -0.25) is 14.7 Å². The molecular weight excluding hydrogens is 280 g/mol. The first kappa shape index (κ1) is 14.3. The minimum absolute atomic E-state index is 0.0984. The van der Waals surface area contributed by atoms with Crippen molar-refractivity contribution in [3.05, 3.63) is 47.8 Å². The normalized spacial score (nSPS) is 17.5. The van der Waals surface area contributed by atoms with Gasteiger partial charge in [-0.05, 0) is 38.0 Å². The Morgan fingerprint density at radius 2 is 2.05 bits per heavy atom. The van der Waals surface area contributed by atoms with Crippen molar-refractivity contribution >= 4 is 17.5 Å². The van der Waals surface area contributed by atoms with Crippen LogP contribution in [-0.2, 0) is 9.59 Å². The maximum atomic E-state index is 12.4. The Kier molecular flexibility index (Phi) is 3.91. The van der Waals surface area contributed by atoms with Gasteiger partial charge >= 0.3 is 11.8 Å². The highest BCUT2D eigenvalue weighted by molar-refractivity contribution is 6.39. The molecule has 2 amide bonds. The van der Waals surface area contributed by atoms with E-state index < -0.39 is 11.8 Å². The van der Waals surface area contributed by atoms with Crippen molar-refractivity contribution < 1.29 is 9.59 Å². The molecule has 6 heteroatoms. The van der Waals surface area contributed by atoms with E-state index in [1.54, 1.807) is 23.2 Å². The summed E-state index contributed by atoms with van der Waals surface area (Å²) >= 11 is 0. The van der Waals surface area contributed by atoms with Crippen LogP contribution in [0.15, 0.2) is 36.5 Å². The Morgan fingerprint density at radius 1 is 1.27 bits per heavy atom. The van der Waals surface area contributed by atoms with Crippen LogP contribution >= 0.6 is 0 Å². The van der Waals surface area contributed by atoms with Gasteiger partial charge in [0.1, 0.15) is 0 Å². The minimum Gasteiger partial charge on any atom is -0.326 e. The molecule has 1 saturated heterocycles. The topological polar surface area (TPSA) is 78.1 Å². The fourth-order valence-electron chi connectivity index (χ4n) is 2.74. The molecule has 1 aliphatic rings. The molecule has 0 unspecified atom stereocenters. The Balaban J connectivity index is 1.70. The molecule has 114 valence electrons. The van der Waals surface area contributed by atoms with Crippen molar-refractivity contribution in [3.63, 3.8) is 0 Å². The number of aryl methyl sites for hydroxylation is 1. The Morgan fingerprint density at radius 3 is 2.73 bits per heavy atom. The zero-order valence-electron chi connectivity index (χ0n) is 12.4. The summed E-state index contributed by atoms with van der Waals surface area (Å²) in [5.41, 5.74) is 2.60. The molecule has 0 aliphatic carbocycles. The van der Waals surface area contributed by atoms with E-state index in [2.05, 4.69) is 15.5 Å². The molecule has 0 spiro atoms. The number of amides is 2. The molecule has 1 fully saturated rings. The average molecular weight is 298 g/mol. The summed E-state index contributed by atoms with van der Waals surface area (Å²) in [6.45, 7) is 2.56. The number of likely N-dealkylation sites (tertiary alicyclic amines) is 1. The van der Waals surface area contributed by atoms with Crippen molar-refractivity contribution in [1.82, 2.24) is 15.1 Å². The summed E-state index contributed by atoms with van der Waals surface area (Å²) in [4.78, 5) is 26.2. The second-order valence-electron chi connectivity index (χ2n) is 5.49. The first-order valence-electron chi connectivity index (χ1n) is 7.33. The van der Waals surface area contributed by atoms with Crippen LogP contribution in [0.25, 0.3) is 0 Å². The van der Waals surface area contributed by atoms with Crippen LogP contribution in [0.1, 0.15) is 30.1 Å². The van der Waals surface area contributed by atoms with E-state index in [0.717, 1.165) is 24.1 Å². The van der Waals surface area contributed by atoms with E-state index in [1.807, 2.05) is 25.1 Å². The molecule has 0 radical (unpaired) electrons. The summed E-state index contributed by atoms with van der Waals surface area (Å²) in [6.07, 6.45) is 3.38. The molecular formula is C16H18N4O2. The van der Waals surface area contributed by atoms with Crippen molar-refractivity contribution in [1.29, 1.82) is 0 Å². The highest BCUT2D eigenvalue weighted by Crippen LogP contribution is 2.30. The number of carbonyl (C=O) groups is 2. The van der Waals surface area contributed by atoms with Crippen molar-refractivity contribution in [2.24, 2.45) is 0 Å². The number of hydrogen-bond donors (Lipinski definition) is 2. The lowest BCUT2D eigenvalue weighted by Gasteiger charge is -2.23. The molecule has 0 saturated carbocycles. The molecule has 6 nitrogen and oxygen atoms in total. The second-order valence-corrected chi connectivity index (χ2v) is 5.49. The van der Waals surface area contributed by atoms with E-state index in [1.165, 1.54) is 0 Å². The molecule has 1 aliphatic heterocycles. The Hall–Kier alpha value is -2.63. The van der Waals surface area contributed by atoms with Crippen LogP contribution in [0, 0.1) is 6.92 Å². The summed E-state index contributed by atoms with van der Waals surface area (Å²) in [6, 6.07) is 9.10. The predicted octanol–water partition coefficient (Wildman–Crippen LogP) is 2.02. The van der Waals surface area contributed by atoms with Gasteiger partial charge in [0.15, 0.2) is 0 Å². The summed E-state index contributed by atoms with van der Waals surface area (Å²) in [5.74, 6) is -1.10. The number of benzene rings is 1. The lowest BCUT2D eigenvalue weighted by atomic mass is 10.1. The van der Waals surface area contributed by atoms with Crippen molar-refractivity contribution in [2.75, 3.05) is 11.9 Å². The van der Waals surface area contributed by atoms with Gasteiger partial charge in [-0.1, -0.05) is 17.7 Å². The molecule has 1 aromatic heterocycles. The van der Waals surface area contributed by atoms with Gasteiger partial charge in [0.05, 0.1) is 11.7 Å². The fraction of sp³-hybridized carbons (Fsp3) is 0.312. The summed E-state index contributed by atoms with van der Waals surface area (Å²) in [5, 5.41) is 9.46. The Bertz CT molecular complexity index is 664. The lowest BCUT2D eigenvalue weighted by Crippen LogP contribution is -2.39. The van der Waals surface area contributed by atoms with Gasteiger partial charge in [0.25, 0.3) is 0 Å². The third-order valence-corrected chi connectivity index (χ3v) is 3.90. The first-order chi connectivity index (χ1) is 10.6. The molecule has 3 rings (SSSR count). The highest BCUT2D eigenvalue weighted by Gasteiger charge is 2.34. The van der Waals surface area contributed by atoms with E-state index in [0.29, 0.717) is 12.2 Å². The van der Waals surface area contributed by atoms with E-state index in [9.17, 15) is 9.59 Å². The zero-order chi connectivity index (χ0) is 15.5. The number of anilines is 1. The SMILES string of the molecule is Cc1ccc(NC(=O)C(=O)N2CCC[C@H]2c2ccn[nH]2)cc1. The van der Waals surface area contributed by atoms with Crippen LogP contribution in [-0.4, -0.2) is 33.5 Å².